The predicted molar refractivity (Wildman–Crippen MR) is 130 cm³/mol. The Hall–Kier alpha value is -3.13. The summed E-state index contributed by atoms with van der Waals surface area (Å²) in [5.41, 5.74) is 1.22. The number of nitrogens with zero attached hydrogens (tertiary/aromatic N) is 5. The summed E-state index contributed by atoms with van der Waals surface area (Å²) in [5, 5.41) is 15.3. The monoisotopic (exact) mass is 449 g/mol. The van der Waals surface area contributed by atoms with Crippen LogP contribution in [0.4, 0.5) is 0 Å². The number of guanidine groups is 1. The molecule has 0 spiro atoms. The zero-order valence-corrected chi connectivity index (χ0v) is 19.7. The fourth-order valence-corrected chi connectivity index (χ4v) is 4.31. The number of aromatic nitrogens is 3. The van der Waals surface area contributed by atoms with Crippen LogP contribution in [0.15, 0.2) is 64.5 Å². The van der Waals surface area contributed by atoms with Crippen molar-refractivity contribution in [2.45, 2.75) is 51.7 Å². The molecule has 8 nitrogen and oxygen atoms in total. The van der Waals surface area contributed by atoms with Crippen molar-refractivity contribution in [1.82, 2.24) is 30.3 Å². The Morgan fingerprint density at radius 3 is 2.70 bits per heavy atom. The van der Waals surface area contributed by atoms with Gasteiger partial charge in [0, 0.05) is 19.5 Å². The number of aryl methyl sites for hydroxylation is 1. The van der Waals surface area contributed by atoms with Crippen molar-refractivity contribution < 1.29 is 4.42 Å². The quantitative estimate of drug-likeness (QED) is 0.364. The van der Waals surface area contributed by atoms with E-state index in [2.05, 4.69) is 74.5 Å². The SMILES string of the molecule is CCc1nncn1CCNC(=NCC(c1ccco1)N1CCCC1)NC(C)c1ccccc1. The molecule has 0 aliphatic carbocycles. The van der Waals surface area contributed by atoms with Gasteiger partial charge in [0.2, 0.25) is 0 Å². The molecular weight excluding hydrogens is 414 g/mol. The maximum Gasteiger partial charge on any atom is 0.191 e. The molecular formula is C25H35N7O. The van der Waals surface area contributed by atoms with Crippen LogP contribution < -0.4 is 10.6 Å². The van der Waals surface area contributed by atoms with Crippen LogP contribution in [0.3, 0.4) is 0 Å². The van der Waals surface area contributed by atoms with E-state index in [-0.39, 0.29) is 12.1 Å². The number of hydrogen-bond donors (Lipinski definition) is 2. The molecule has 3 aromatic rings. The topological polar surface area (TPSA) is 83.5 Å². The number of benzene rings is 1. The summed E-state index contributed by atoms with van der Waals surface area (Å²) in [7, 11) is 0. The molecule has 2 atom stereocenters. The van der Waals surface area contributed by atoms with Gasteiger partial charge in [-0.3, -0.25) is 9.89 Å². The van der Waals surface area contributed by atoms with E-state index in [1.54, 1.807) is 12.6 Å². The normalized spacial score (nSPS) is 16.6. The van der Waals surface area contributed by atoms with E-state index >= 15 is 0 Å². The van der Waals surface area contributed by atoms with E-state index in [0.29, 0.717) is 6.54 Å². The second-order valence-electron chi connectivity index (χ2n) is 8.46. The number of furan rings is 1. The van der Waals surface area contributed by atoms with Crippen LogP contribution in [0, 0.1) is 0 Å². The fourth-order valence-electron chi connectivity index (χ4n) is 4.31. The standard InChI is InChI=1S/C25H35N7O/c1-3-24-30-28-19-32(24)16-13-26-25(29-20(2)21-10-5-4-6-11-21)27-18-22(23-12-9-17-33-23)31-14-7-8-15-31/h4-6,9-12,17,19-20,22H,3,7-8,13-16,18H2,1-2H3,(H2,26,27,29). The zero-order valence-electron chi connectivity index (χ0n) is 19.7. The van der Waals surface area contributed by atoms with Gasteiger partial charge in [-0.25, -0.2) is 0 Å². The summed E-state index contributed by atoms with van der Waals surface area (Å²) >= 11 is 0. The number of hydrogen-bond acceptors (Lipinski definition) is 5. The molecule has 1 aliphatic rings. The molecule has 4 rings (SSSR count). The van der Waals surface area contributed by atoms with Gasteiger partial charge in [0.05, 0.1) is 24.9 Å². The van der Waals surface area contributed by atoms with Crippen molar-refractivity contribution in [3.8, 4) is 0 Å². The van der Waals surface area contributed by atoms with Gasteiger partial charge in [-0.2, -0.15) is 0 Å². The molecule has 0 bridgehead atoms. The van der Waals surface area contributed by atoms with E-state index < -0.39 is 0 Å². The number of nitrogens with one attached hydrogen (secondary N) is 2. The molecule has 1 aliphatic heterocycles. The highest BCUT2D eigenvalue weighted by atomic mass is 16.3. The summed E-state index contributed by atoms with van der Waals surface area (Å²) in [4.78, 5) is 7.48. The van der Waals surface area contributed by atoms with Gasteiger partial charge in [0.1, 0.15) is 17.9 Å². The third kappa shape index (κ3) is 6.22. The van der Waals surface area contributed by atoms with Crippen molar-refractivity contribution in [1.29, 1.82) is 0 Å². The summed E-state index contributed by atoms with van der Waals surface area (Å²) in [6.07, 6.45) is 6.87. The molecule has 2 N–H and O–H groups in total. The summed E-state index contributed by atoms with van der Waals surface area (Å²) in [6, 6.07) is 14.7. The summed E-state index contributed by atoms with van der Waals surface area (Å²) < 4.78 is 7.86. The predicted octanol–water partition coefficient (Wildman–Crippen LogP) is 3.57. The lowest BCUT2D eigenvalue weighted by molar-refractivity contribution is 0.221. The van der Waals surface area contributed by atoms with Crippen LogP contribution in [0.1, 0.15) is 55.9 Å². The Kier molecular flexibility index (Phi) is 8.14. The van der Waals surface area contributed by atoms with Gasteiger partial charge in [-0.15, -0.1) is 10.2 Å². The Morgan fingerprint density at radius 1 is 1.15 bits per heavy atom. The molecule has 3 heterocycles. The van der Waals surface area contributed by atoms with E-state index in [9.17, 15) is 0 Å². The highest BCUT2D eigenvalue weighted by molar-refractivity contribution is 5.80. The molecule has 1 fully saturated rings. The van der Waals surface area contributed by atoms with Gasteiger partial charge in [0.15, 0.2) is 5.96 Å². The minimum atomic E-state index is 0.132. The fraction of sp³-hybridized carbons (Fsp3) is 0.480. The molecule has 0 amide bonds. The first kappa shape index (κ1) is 23.0. The maximum absolute atomic E-state index is 5.78. The van der Waals surface area contributed by atoms with Crippen molar-refractivity contribution >= 4 is 5.96 Å². The first-order valence-electron chi connectivity index (χ1n) is 12.0. The molecule has 2 unspecified atom stereocenters. The highest BCUT2D eigenvalue weighted by Gasteiger charge is 2.25. The molecule has 176 valence electrons. The van der Waals surface area contributed by atoms with Crippen molar-refractivity contribution in [2.24, 2.45) is 4.99 Å². The average molecular weight is 450 g/mol. The smallest absolute Gasteiger partial charge is 0.191 e. The van der Waals surface area contributed by atoms with Gasteiger partial charge in [0.25, 0.3) is 0 Å². The van der Waals surface area contributed by atoms with Crippen LogP contribution in [-0.4, -0.2) is 51.8 Å². The third-order valence-corrected chi connectivity index (χ3v) is 6.19. The van der Waals surface area contributed by atoms with E-state index in [1.807, 2.05) is 12.1 Å². The molecule has 0 saturated carbocycles. The van der Waals surface area contributed by atoms with Crippen molar-refractivity contribution in [2.75, 3.05) is 26.2 Å². The molecule has 2 aromatic heterocycles. The number of likely N-dealkylation sites (tertiary alicyclic amines) is 1. The van der Waals surface area contributed by atoms with Gasteiger partial charge in [-0.05, 0) is 50.6 Å². The average Bonchev–Trinajstić information content (AvgIpc) is 3.62. The minimum Gasteiger partial charge on any atom is -0.468 e. The highest BCUT2D eigenvalue weighted by Crippen LogP contribution is 2.25. The first-order chi connectivity index (χ1) is 16.2. The Balaban J connectivity index is 1.46. The lowest BCUT2D eigenvalue weighted by Crippen LogP contribution is -2.41. The lowest BCUT2D eigenvalue weighted by atomic mass is 10.1. The Morgan fingerprint density at radius 2 is 1.97 bits per heavy atom. The molecule has 0 radical (unpaired) electrons. The van der Waals surface area contributed by atoms with Crippen LogP contribution in [0.5, 0.6) is 0 Å². The Labute approximate surface area is 196 Å². The first-order valence-corrected chi connectivity index (χ1v) is 12.0. The minimum absolute atomic E-state index is 0.132. The van der Waals surface area contributed by atoms with Gasteiger partial charge in [-0.1, -0.05) is 37.3 Å². The van der Waals surface area contributed by atoms with E-state index in [0.717, 1.165) is 50.1 Å². The molecule has 1 saturated heterocycles. The number of aliphatic imine (C=N–C) groups is 1. The summed E-state index contributed by atoms with van der Waals surface area (Å²) in [6.45, 7) is 8.58. The largest absolute Gasteiger partial charge is 0.468 e. The molecule has 33 heavy (non-hydrogen) atoms. The second kappa shape index (κ2) is 11.7. The zero-order chi connectivity index (χ0) is 22.9. The molecule has 8 heteroatoms. The van der Waals surface area contributed by atoms with Crippen molar-refractivity contribution in [3.63, 3.8) is 0 Å². The molecule has 1 aromatic carbocycles. The summed E-state index contributed by atoms with van der Waals surface area (Å²) in [5.74, 6) is 2.77. The van der Waals surface area contributed by atoms with Gasteiger partial charge >= 0.3 is 0 Å². The van der Waals surface area contributed by atoms with E-state index in [4.69, 9.17) is 9.41 Å². The van der Waals surface area contributed by atoms with Crippen LogP contribution in [0.25, 0.3) is 0 Å². The van der Waals surface area contributed by atoms with Crippen LogP contribution >= 0.6 is 0 Å². The second-order valence-corrected chi connectivity index (χ2v) is 8.46. The van der Waals surface area contributed by atoms with Crippen LogP contribution in [0.2, 0.25) is 0 Å². The third-order valence-electron chi connectivity index (χ3n) is 6.19. The van der Waals surface area contributed by atoms with Gasteiger partial charge < -0.3 is 19.6 Å². The van der Waals surface area contributed by atoms with E-state index in [1.165, 1.54) is 18.4 Å². The maximum atomic E-state index is 5.78. The Bertz CT molecular complexity index is 977. The van der Waals surface area contributed by atoms with Crippen molar-refractivity contribution in [3.05, 3.63) is 72.2 Å². The number of rotatable bonds is 10. The lowest BCUT2D eigenvalue weighted by Gasteiger charge is -2.25. The van der Waals surface area contributed by atoms with Crippen LogP contribution in [-0.2, 0) is 13.0 Å².